The van der Waals surface area contributed by atoms with E-state index in [2.05, 4.69) is 15.3 Å². The van der Waals surface area contributed by atoms with Crippen LogP contribution in [0.15, 0.2) is 42.6 Å². The molecule has 3 rings (SSSR count). The fraction of sp³-hybridized carbons (Fsp3) is 0.200. The van der Waals surface area contributed by atoms with Gasteiger partial charge in [0.25, 0.3) is 0 Å². The van der Waals surface area contributed by atoms with Crippen LogP contribution in [0.2, 0.25) is 0 Å². The Hall–Kier alpha value is -3.48. The summed E-state index contributed by atoms with van der Waals surface area (Å²) in [5, 5.41) is 3.82. The summed E-state index contributed by atoms with van der Waals surface area (Å²) in [5.74, 6) is -0.992. The summed E-state index contributed by atoms with van der Waals surface area (Å²) in [4.78, 5) is 33.2. The molecule has 0 saturated heterocycles. The molecule has 0 aliphatic heterocycles. The molecular weight excluding hydrogens is 346 g/mol. The van der Waals surface area contributed by atoms with E-state index in [0.29, 0.717) is 28.0 Å². The standard InChI is InChI=1S/C20H19N3O4/c1-4-27-20(25)15-11-21-18-14(10-9-12(2)22-18)17(15)23-16-8-6-5-7-13(16)19(24)26-3/h5-11H,4H2,1-3H3,(H,21,22,23). The number of methoxy groups -OCH3 is 1. The fourth-order valence-corrected chi connectivity index (χ4v) is 2.68. The van der Waals surface area contributed by atoms with Crippen molar-refractivity contribution in [1.82, 2.24) is 9.97 Å². The van der Waals surface area contributed by atoms with Gasteiger partial charge in [-0.05, 0) is 38.1 Å². The number of ether oxygens (including phenoxy) is 2. The summed E-state index contributed by atoms with van der Waals surface area (Å²) in [6.45, 7) is 3.83. The molecule has 0 bridgehead atoms. The number of carbonyl (C=O) groups excluding carboxylic acids is 2. The molecule has 0 atom stereocenters. The molecule has 0 aliphatic rings. The highest BCUT2D eigenvalue weighted by Gasteiger charge is 2.20. The molecule has 1 aromatic carbocycles. The van der Waals surface area contributed by atoms with E-state index in [1.165, 1.54) is 13.3 Å². The largest absolute Gasteiger partial charge is 0.465 e. The lowest BCUT2D eigenvalue weighted by Crippen LogP contribution is -2.11. The number of benzene rings is 1. The molecule has 0 spiro atoms. The molecule has 0 aliphatic carbocycles. The molecule has 0 fully saturated rings. The maximum atomic E-state index is 12.4. The lowest BCUT2D eigenvalue weighted by molar-refractivity contribution is 0.0526. The number of aromatic nitrogens is 2. The predicted octanol–water partition coefficient (Wildman–Crippen LogP) is 3.65. The van der Waals surface area contributed by atoms with Gasteiger partial charge in [0.1, 0.15) is 5.56 Å². The van der Waals surface area contributed by atoms with Crippen molar-refractivity contribution in [2.24, 2.45) is 0 Å². The van der Waals surface area contributed by atoms with Crippen molar-refractivity contribution in [3.05, 3.63) is 59.4 Å². The van der Waals surface area contributed by atoms with Gasteiger partial charge in [0.05, 0.1) is 30.7 Å². The highest BCUT2D eigenvalue weighted by atomic mass is 16.5. The Kier molecular flexibility index (Phi) is 5.30. The predicted molar refractivity (Wildman–Crippen MR) is 101 cm³/mol. The first-order chi connectivity index (χ1) is 13.0. The minimum atomic E-state index is -0.509. The van der Waals surface area contributed by atoms with Crippen LogP contribution >= 0.6 is 0 Å². The van der Waals surface area contributed by atoms with Gasteiger partial charge >= 0.3 is 11.9 Å². The van der Waals surface area contributed by atoms with E-state index in [4.69, 9.17) is 9.47 Å². The number of nitrogens with one attached hydrogen (secondary N) is 1. The van der Waals surface area contributed by atoms with Crippen molar-refractivity contribution in [2.45, 2.75) is 13.8 Å². The SMILES string of the molecule is CCOC(=O)c1cnc2nc(C)ccc2c1Nc1ccccc1C(=O)OC. The van der Waals surface area contributed by atoms with Crippen molar-refractivity contribution in [2.75, 3.05) is 19.0 Å². The third kappa shape index (κ3) is 3.72. The Morgan fingerprint density at radius 1 is 1.07 bits per heavy atom. The van der Waals surface area contributed by atoms with E-state index in [0.717, 1.165) is 5.69 Å². The zero-order valence-corrected chi connectivity index (χ0v) is 15.3. The van der Waals surface area contributed by atoms with Gasteiger partial charge < -0.3 is 14.8 Å². The Morgan fingerprint density at radius 2 is 1.85 bits per heavy atom. The number of hydrogen-bond acceptors (Lipinski definition) is 7. The van der Waals surface area contributed by atoms with Crippen molar-refractivity contribution in [1.29, 1.82) is 0 Å². The van der Waals surface area contributed by atoms with Crippen LogP contribution in [0.5, 0.6) is 0 Å². The lowest BCUT2D eigenvalue weighted by Gasteiger charge is -2.15. The zero-order valence-electron chi connectivity index (χ0n) is 15.3. The van der Waals surface area contributed by atoms with Gasteiger partial charge in [0.2, 0.25) is 0 Å². The van der Waals surface area contributed by atoms with Gasteiger partial charge in [-0.1, -0.05) is 12.1 Å². The van der Waals surface area contributed by atoms with Crippen molar-refractivity contribution in [3.8, 4) is 0 Å². The number of esters is 2. The molecule has 2 heterocycles. The molecule has 3 aromatic rings. The monoisotopic (exact) mass is 365 g/mol. The number of rotatable bonds is 5. The second kappa shape index (κ2) is 7.82. The number of fused-ring (bicyclic) bond motifs is 1. The second-order valence-corrected chi connectivity index (χ2v) is 5.75. The summed E-state index contributed by atoms with van der Waals surface area (Å²) >= 11 is 0. The van der Waals surface area contributed by atoms with Gasteiger partial charge in [0, 0.05) is 17.3 Å². The number of para-hydroxylation sites is 1. The highest BCUT2D eigenvalue weighted by molar-refractivity contribution is 6.06. The van der Waals surface area contributed by atoms with E-state index in [9.17, 15) is 9.59 Å². The summed E-state index contributed by atoms with van der Waals surface area (Å²) < 4.78 is 9.99. The number of carbonyl (C=O) groups is 2. The maximum Gasteiger partial charge on any atom is 0.341 e. The van der Waals surface area contributed by atoms with Crippen LogP contribution in [0, 0.1) is 6.92 Å². The second-order valence-electron chi connectivity index (χ2n) is 5.75. The fourth-order valence-electron chi connectivity index (χ4n) is 2.68. The number of anilines is 2. The lowest BCUT2D eigenvalue weighted by atomic mass is 10.1. The van der Waals surface area contributed by atoms with Crippen LogP contribution in [0.3, 0.4) is 0 Å². The summed E-state index contributed by atoms with van der Waals surface area (Å²) in [7, 11) is 1.32. The van der Waals surface area contributed by atoms with Gasteiger partial charge in [-0.25, -0.2) is 19.6 Å². The molecule has 7 heteroatoms. The molecule has 0 amide bonds. The molecule has 138 valence electrons. The van der Waals surface area contributed by atoms with Crippen LogP contribution in [0.4, 0.5) is 11.4 Å². The average Bonchev–Trinajstić information content (AvgIpc) is 2.68. The summed E-state index contributed by atoms with van der Waals surface area (Å²) in [6.07, 6.45) is 1.43. The Bertz CT molecular complexity index is 1020. The van der Waals surface area contributed by atoms with E-state index in [1.807, 2.05) is 19.1 Å². The molecule has 0 unspecified atom stereocenters. The topological polar surface area (TPSA) is 90.4 Å². The maximum absolute atomic E-state index is 12.4. The Morgan fingerprint density at radius 3 is 2.59 bits per heavy atom. The van der Waals surface area contributed by atoms with E-state index >= 15 is 0 Å². The van der Waals surface area contributed by atoms with Gasteiger partial charge in [0.15, 0.2) is 5.65 Å². The highest BCUT2D eigenvalue weighted by Crippen LogP contribution is 2.30. The molecular formula is C20H19N3O4. The molecule has 1 N–H and O–H groups in total. The van der Waals surface area contributed by atoms with Crippen molar-refractivity contribution < 1.29 is 19.1 Å². The van der Waals surface area contributed by atoms with Crippen molar-refractivity contribution >= 4 is 34.3 Å². The van der Waals surface area contributed by atoms with Crippen LogP contribution in [-0.2, 0) is 9.47 Å². The normalized spacial score (nSPS) is 10.5. The van der Waals surface area contributed by atoms with E-state index in [-0.39, 0.29) is 12.2 Å². The minimum absolute atomic E-state index is 0.237. The molecule has 7 nitrogen and oxygen atoms in total. The van der Waals surface area contributed by atoms with Gasteiger partial charge in [-0.2, -0.15) is 0 Å². The first-order valence-corrected chi connectivity index (χ1v) is 8.43. The average molecular weight is 365 g/mol. The van der Waals surface area contributed by atoms with E-state index in [1.54, 1.807) is 31.2 Å². The first kappa shape index (κ1) is 18.3. The molecule has 0 radical (unpaired) electrons. The van der Waals surface area contributed by atoms with Crippen molar-refractivity contribution in [3.63, 3.8) is 0 Å². The third-order valence-electron chi connectivity index (χ3n) is 3.96. The smallest absolute Gasteiger partial charge is 0.341 e. The van der Waals surface area contributed by atoms with Gasteiger partial charge in [-0.15, -0.1) is 0 Å². The number of pyridine rings is 2. The minimum Gasteiger partial charge on any atom is -0.465 e. The first-order valence-electron chi connectivity index (χ1n) is 8.43. The Labute approximate surface area is 156 Å². The van der Waals surface area contributed by atoms with Gasteiger partial charge in [-0.3, -0.25) is 0 Å². The van der Waals surface area contributed by atoms with Crippen LogP contribution in [-0.4, -0.2) is 35.6 Å². The quantitative estimate of drug-likeness (QED) is 0.690. The molecule has 0 saturated carbocycles. The molecule has 2 aromatic heterocycles. The number of aryl methyl sites for hydroxylation is 1. The molecule has 27 heavy (non-hydrogen) atoms. The summed E-state index contributed by atoms with van der Waals surface area (Å²) in [5.41, 5.74) is 2.88. The Balaban J connectivity index is 2.18. The number of nitrogens with zero attached hydrogens (tertiary/aromatic N) is 2. The third-order valence-corrected chi connectivity index (χ3v) is 3.96. The zero-order chi connectivity index (χ0) is 19.4. The summed E-state index contributed by atoms with van der Waals surface area (Å²) in [6, 6.07) is 10.6. The van der Waals surface area contributed by atoms with Crippen LogP contribution in [0.1, 0.15) is 33.3 Å². The van der Waals surface area contributed by atoms with Crippen LogP contribution < -0.4 is 5.32 Å². The van der Waals surface area contributed by atoms with E-state index < -0.39 is 11.9 Å². The number of hydrogen-bond donors (Lipinski definition) is 1. The van der Waals surface area contributed by atoms with Crippen LogP contribution in [0.25, 0.3) is 11.0 Å².